The number of carbonyl (C=O) groups excluding carboxylic acids is 2. The third kappa shape index (κ3) is 2.35. The van der Waals surface area contributed by atoms with Gasteiger partial charge in [-0.2, -0.15) is 0 Å². The summed E-state index contributed by atoms with van der Waals surface area (Å²) in [5.74, 6) is 2.65. The molecule has 1 unspecified atom stereocenters. The highest BCUT2D eigenvalue weighted by Crippen LogP contribution is 2.69. The number of esters is 2. The number of allylic oxidation sites excluding steroid dienone is 2. The van der Waals surface area contributed by atoms with Crippen molar-refractivity contribution in [2.75, 3.05) is 0 Å². The van der Waals surface area contributed by atoms with E-state index in [9.17, 15) is 9.59 Å². The van der Waals surface area contributed by atoms with Gasteiger partial charge in [-0.15, -0.1) is 0 Å². The van der Waals surface area contributed by atoms with E-state index in [1.54, 1.807) is 0 Å². The van der Waals surface area contributed by atoms with Gasteiger partial charge in [0.25, 0.3) is 0 Å². The zero-order valence-corrected chi connectivity index (χ0v) is 17.3. The molecule has 0 aromatic carbocycles. The van der Waals surface area contributed by atoms with E-state index in [1.807, 2.05) is 0 Å². The minimum absolute atomic E-state index is 0.0270. The van der Waals surface area contributed by atoms with Gasteiger partial charge in [-0.1, -0.05) is 32.1 Å². The van der Waals surface area contributed by atoms with Gasteiger partial charge in [-0.05, 0) is 67.1 Å². The minimum atomic E-state index is -0.166. The van der Waals surface area contributed by atoms with Crippen molar-refractivity contribution in [3.63, 3.8) is 0 Å². The van der Waals surface area contributed by atoms with Crippen LogP contribution >= 0.6 is 0 Å². The molecule has 4 fully saturated rings. The van der Waals surface area contributed by atoms with E-state index in [0.717, 1.165) is 44.3 Å². The van der Waals surface area contributed by atoms with Crippen LogP contribution in [0.25, 0.3) is 0 Å². The highest BCUT2D eigenvalue weighted by atomic mass is 16.5. The SMILES string of the molecule is C=C1OC(=O)[C@H]2C[C@H]3[C@@H]4CC=C5C[C@@H](OC(C)=O)CC[C@]5(C)[C@H]4CC[C@]3(C)C12. The Morgan fingerprint density at radius 1 is 1.25 bits per heavy atom. The van der Waals surface area contributed by atoms with Gasteiger partial charge in [0.1, 0.15) is 11.9 Å². The molecule has 0 bridgehead atoms. The van der Waals surface area contributed by atoms with Gasteiger partial charge in [0.15, 0.2) is 0 Å². The van der Waals surface area contributed by atoms with Crippen LogP contribution in [0.1, 0.15) is 65.7 Å². The van der Waals surface area contributed by atoms with Gasteiger partial charge < -0.3 is 9.47 Å². The van der Waals surface area contributed by atoms with Crippen molar-refractivity contribution in [2.45, 2.75) is 71.8 Å². The molecule has 8 atom stereocenters. The zero-order valence-electron chi connectivity index (χ0n) is 17.3. The summed E-state index contributed by atoms with van der Waals surface area (Å²) in [6.45, 7) is 10.5. The fraction of sp³-hybridized carbons (Fsp3) is 0.750. The molecular formula is C24H32O4. The number of hydrogen-bond donors (Lipinski definition) is 0. The molecule has 4 nitrogen and oxygen atoms in total. The van der Waals surface area contributed by atoms with Crippen LogP contribution in [-0.4, -0.2) is 18.0 Å². The molecule has 3 saturated carbocycles. The molecule has 28 heavy (non-hydrogen) atoms. The topological polar surface area (TPSA) is 52.6 Å². The van der Waals surface area contributed by atoms with Crippen molar-refractivity contribution in [3.8, 4) is 0 Å². The van der Waals surface area contributed by atoms with Gasteiger partial charge in [-0.25, -0.2) is 0 Å². The average molecular weight is 385 g/mol. The van der Waals surface area contributed by atoms with E-state index in [2.05, 4.69) is 26.5 Å². The third-order valence-corrected chi connectivity index (χ3v) is 9.33. The lowest BCUT2D eigenvalue weighted by Gasteiger charge is -2.58. The second kappa shape index (κ2) is 5.96. The fourth-order valence-electron chi connectivity index (χ4n) is 8.10. The van der Waals surface area contributed by atoms with Gasteiger partial charge in [-0.3, -0.25) is 9.59 Å². The minimum Gasteiger partial charge on any atom is -0.462 e. The summed E-state index contributed by atoms with van der Waals surface area (Å²) in [7, 11) is 0. The Morgan fingerprint density at radius 3 is 2.79 bits per heavy atom. The standard InChI is InChI=1S/C24H32O4/c1-13-21-18(22(26)27-13)12-20-17-6-5-15-11-16(28-14(2)25)7-9-23(15,3)19(17)8-10-24(20,21)4/h5,16-21H,1,6-12H2,2-4H3/t16-,17+,18-,19-,20-,21?,23-,24-/m0/s1. The number of hydrogen-bond acceptors (Lipinski definition) is 4. The molecule has 4 heteroatoms. The molecular weight excluding hydrogens is 352 g/mol. The van der Waals surface area contributed by atoms with Crippen LogP contribution in [0.4, 0.5) is 0 Å². The molecule has 4 aliphatic carbocycles. The first-order valence-electron chi connectivity index (χ1n) is 11.0. The van der Waals surface area contributed by atoms with Crippen LogP contribution in [0.3, 0.4) is 0 Å². The number of fused-ring (bicyclic) bond motifs is 7. The lowest BCUT2D eigenvalue weighted by molar-refractivity contribution is -0.149. The maximum absolute atomic E-state index is 12.4. The van der Waals surface area contributed by atoms with E-state index in [0.29, 0.717) is 17.8 Å². The molecule has 0 amide bonds. The highest BCUT2D eigenvalue weighted by Gasteiger charge is 2.65. The Balaban J connectivity index is 1.43. The average Bonchev–Trinajstić information content (AvgIpc) is 3.09. The Bertz CT molecular complexity index is 781. The van der Waals surface area contributed by atoms with Gasteiger partial charge in [0.05, 0.1) is 5.92 Å². The number of cyclic esters (lactones) is 1. The van der Waals surface area contributed by atoms with E-state index < -0.39 is 0 Å². The summed E-state index contributed by atoms with van der Waals surface area (Å²) in [6.07, 6.45) is 9.92. The molecule has 5 rings (SSSR count). The Labute approximate surface area is 167 Å². The normalized spacial score (nSPS) is 49.3. The lowest BCUT2D eigenvalue weighted by Crippen LogP contribution is -2.50. The third-order valence-electron chi connectivity index (χ3n) is 9.33. The quantitative estimate of drug-likeness (QED) is 0.482. The Morgan fingerprint density at radius 2 is 2.04 bits per heavy atom. The van der Waals surface area contributed by atoms with Crippen LogP contribution in [0.5, 0.6) is 0 Å². The Kier molecular flexibility index (Phi) is 3.93. The molecule has 1 saturated heterocycles. The zero-order chi connectivity index (χ0) is 19.8. The first-order valence-corrected chi connectivity index (χ1v) is 11.0. The van der Waals surface area contributed by atoms with Crippen LogP contribution in [0.2, 0.25) is 0 Å². The molecule has 0 aromatic heterocycles. The van der Waals surface area contributed by atoms with Gasteiger partial charge in [0, 0.05) is 19.3 Å². The number of ether oxygens (including phenoxy) is 2. The van der Waals surface area contributed by atoms with Crippen molar-refractivity contribution < 1.29 is 19.1 Å². The predicted molar refractivity (Wildman–Crippen MR) is 105 cm³/mol. The molecule has 0 radical (unpaired) electrons. The fourth-order valence-corrected chi connectivity index (χ4v) is 8.10. The molecule has 152 valence electrons. The van der Waals surface area contributed by atoms with E-state index >= 15 is 0 Å². The van der Waals surface area contributed by atoms with E-state index in [-0.39, 0.29) is 40.7 Å². The van der Waals surface area contributed by atoms with Crippen molar-refractivity contribution in [3.05, 3.63) is 24.0 Å². The molecule has 0 spiro atoms. The monoisotopic (exact) mass is 384 g/mol. The summed E-state index contributed by atoms with van der Waals surface area (Å²) >= 11 is 0. The summed E-state index contributed by atoms with van der Waals surface area (Å²) in [5, 5.41) is 0. The van der Waals surface area contributed by atoms with Crippen LogP contribution < -0.4 is 0 Å². The number of carbonyl (C=O) groups is 2. The second-order valence-corrected chi connectivity index (χ2v) is 10.5. The van der Waals surface area contributed by atoms with E-state index in [1.165, 1.54) is 18.9 Å². The lowest BCUT2D eigenvalue weighted by atomic mass is 9.47. The molecule has 1 aliphatic heterocycles. The largest absolute Gasteiger partial charge is 0.462 e. The first kappa shape index (κ1) is 18.4. The maximum atomic E-state index is 12.4. The highest BCUT2D eigenvalue weighted by molar-refractivity contribution is 5.78. The van der Waals surface area contributed by atoms with Gasteiger partial charge in [0.2, 0.25) is 0 Å². The number of rotatable bonds is 1. The summed E-state index contributed by atoms with van der Waals surface area (Å²) < 4.78 is 11.0. The summed E-state index contributed by atoms with van der Waals surface area (Å²) in [6, 6.07) is 0. The maximum Gasteiger partial charge on any atom is 0.314 e. The van der Waals surface area contributed by atoms with Crippen molar-refractivity contribution in [2.24, 2.45) is 40.4 Å². The van der Waals surface area contributed by atoms with Gasteiger partial charge >= 0.3 is 11.9 Å². The van der Waals surface area contributed by atoms with Crippen LogP contribution in [0, 0.1) is 40.4 Å². The molecule has 0 N–H and O–H groups in total. The Hall–Kier alpha value is -1.58. The molecule has 5 aliphatic rings. The first-order chi connectivity index (χ1) is 13.2. The van der Waals surface area contributed by atoms with Crippen molar-refractivity contribution >= 4 is 11.9 Å². The molecule has 0 aromatic rings. The predicted octanol–water partition coefficient (Wildman–Crippen LogP) is 4.79. The summed E-state index contributed by atoms with van der Waals surface area (Å²) in [5.41, 5.74) is 1.87. The smallest absolute Gasteiger partial charge is 0.314 e. The van der Waals surface area contributed by atoms with Crippen molar-refractivity contribution in [1.82, 2.24) is 0 Å². The van der Waals surface area contributed by atoms with Crippen LogP contribution in [-0.2, 0) is 19.1 Å². The molecule has 1 heterocycles. The summed E-state index contributed by atoms with van der Waals surface area (Å²) in [4.78, 5) is 23.8. The second-order valence-electron chi connectivity index (χ2n) is 10.5. The van der Waals surface area contributed by atoms with Crippen molar-refractivity contribution in [1.29, 1.82) is 0 Å². The van der Waals surface area contributed by atoms with E-state index in [4.69, 9.17) is 9.47 Å². The van der Waals surface area contributed by atoms with Crippen LogP contribution in [0.15, 0.2) is 24.0 Å².